The maximum Gasteiger partial charge on any atom is 0.354 e. The van der Waals surface area contributed by atoms with Gasteiger partial charge in [0, 0.05) is 31.9 Å². The van der Waals surface area contributed by atoms with Crippen LogP contribution in [0, 0.1) is 0 Å². The Labute approximate surface area is 107 Å². The summed E-state index contributed by atoms with van der Waals surface area (Å²) in [6, 6.07) is 1.90. The molecule has 0 spiro atoms. The van der Waals surface area contributed by atoms with Crippen molar-refractivity contribution >= 4 is 11.7 Å². The second-order valence-corrected chi connectivity index (χ2v) is 4.30. The molecule has 18 heavy (non-hydrogen) atoms. The van der Waals surface area contributed by atoms with Gasteiger partial charge in [0.05, 0.1) is 12.8 Å². The zero-order valence-electron chi connectivity index (χ0n) is 11.3. The largest absolute Gasteiger partial charge is 0.464 e. The van der Waals surface area contributed by atoms with Crippen LogP contribution in [0.3, 0.4) is 0 Å². The highest BCUT2D eigenvalue weighted by molar-refractivity contribution is 5.89. The average Bonchev–Trinajstić information content (AvgIpc) is 2.91. The zero-order chi connectivity index (χ0) is 13.3. The molecule has 98 valence electrons. The number of methoxy groups -OCH3 is 1. The van der Waals surface area contributed by atoms with Crippen LogP contribution in [0.2, 0.25) is 0 Å². The summed E-state index contributed by atoms with van der Waals surface area (Å²) < 4.78 is 6.72. The number of hydrazine groups is 1. The lowest BCUT2D eigenvalue weighted by Crippen LogP contribution is -2.26. The molecule has 0 atom stereocenters. The summed E-state index contributed by atoms with van der Waals surface area (Å²) in [5, 5.41) is 1.98. The number of hydrogen-bond donors (Lipinski definition) is 1. The van der Waals surface area contributed by atoms with Gasteiger partial charge in [-0.1, -0.05) is 6.92 Å². The Kier molecular flexibility index (Phi) is 3.43. The average molecular weight is 249 g/mol. The summed E-state index contributed by atoms with van der Waals surface area (Å²) in [6.07, 6.45) is 2.99. The number of carbonyl (C=O) groups excluding carboxylic acids is 1. The second-order valence-electron chi connectivity index (χ2n) is 4.30. The predicted molar refractivity (Wildman–Crippen MR) is 69.9 cm³/mol. The van der Waals surface area contributed by atoms with Crippen LogP contribution in [0.4, 0.5) is 0 Å². The molecule has 1 aromatic rings. The summed E-state index contributed by atoms with van der Waals surface area (Å²) in [5.41, 5.74) is 7.13. The Hall–Kier alpha value is -1.75. The fourth-order valence-electron chi connectivity index (χ4n) is 2.38. The van der Waals surface area contributed by atoms with Crippen LogP contribution >= 0.6 is 0 Å². The van der Waals surface area contributed by atoms with Crippen molar-refractivity contribution in [1.29, 1.82) is 0 Å². The van der Waals surface area contributed by atoms with Gasteiger partial charge in [0.15, 0.2) is 0 Å². The molecule has 0 radical (unpaired) electrons. The van der Waals surface area contributed by atoms with Crippen LogP contribution in [-0.2, 0) is 18.2 Å². The Morgan fingerprint density at radius 1 is 1.50 bits per heavy atom. The van der Waals surface area contributed by atoms with E-state index < -0.39 is 0 Å². The standard InChI is InChI=1S/C13H19N3O2/c1-5-10-9(11-6-7-14-16(11)3)8-12(15(10)2)13(17)18-4/h6,8,14H,5,7H2,1-4H3. The highest BCUT2D eigenvalue weighted by Crippen LogP contribution is 2.27. The molecule has 1 aliphatic heterocycles. The number of nitrogens with zero attached hydrogens (tertiary/aromatic N) is 2. The number of hydrogen-bond acceptors (Lipinski definition) is 4. The molecule has 0 saturated heterocycles. The van der Waals surface area contributed by atoms with Gasteiger partial charge >= 0.3 is 5.97 Å². The van der Waals surface area contributed by atoms with Crippen molar-refractivity contribution < 1.29 is 9.53 Å². The molecule has 2 heterocycles. The molecular weight excluding hydrogens is 230 g/mol. The summed E-state index contributed by atoms with van der Waals surface area (Å²) >= 11 is 0. The summed E-state index contributed by atoms with van der Waals surface area (Å²) in [4.78, 5) is 11.7. The third kappa shape index (κ3) is 1.90. The molecule has 0 bridgehead atoms. The van der Waals surface area contributed by atoms with E-state index in [1.807, 2.05) is 29.7 Å². The van der Waals surface area contributed by atoms with Crippen LogP contribution in [-0.4, -0.2) is 36.2 Å². The van der Waals surface area contributed by atoms with Gasteiger partial charge in [-0.2, -0.15) is 0 Å². The first-order valence-electron chi connectivity index (χ1n) is 6.04. The van der Waals surface area contributed by atoms with Gasteiger partial charge in [-0.25, -0.2) is 10.2 Å². The normalized spacial score (nSPS) is 14.9. The van der Waals surface area contributed by atoms with Crippen LogP contribution in [0.1, 0.15) is 28.7 Å². The Bertz CT molecular complexity index is 503. The quantitative estimate of drug-likeness (QED) is 0.817. The van der Waals surface area contributed by atoms with Crippen LogP contribution in [0.25, 0.3) is 5.70 Å². The minimum Gasteiger partial charge on any atom is -0.464 e. The van der Waals surface area contributed by atoms with Crippen molar-refractivity contribution in [2.45, 2.75) is 13.3 Å². The van der Waals surface area contributed by atoms with Gasteiger partial charge in [0.25, 0.3) is 0 Å². The van der Waals surface area contributed by atoms with E-state index in [0.29, 0.717) is 5.69 Å². The fraction of sp³-hybridized carbons (Fsp3) is 0.462. The molecule has 0 saturated carbocycles. The van der Waals surface area contributed by atoms with E-state index in [2.05, 4.69) is 18.4 Å². The monoisotopic (exact) mass is 249 g/mol. The number of aromatic nitrogens is 1. The zero-order valence-corrected chi connectivity index (χ0v) is 11.3. The first-order chi connectivity index (χ1) is 8.60. The minimum absolute atomic E-state index is 0.298. The van der Waals surface area contributed by atoms with Crippen molar-refractivity contribution in [3.8, 4) is 0 Å². The molecule has 0 amide bonds. The topological polar surface area (TPSA) is 46.5 Å². The molecular formula is C13H19N3O2. The first-order valence-corrected chi connectivity index (χ1v) is 6.04. The molecule has 1 N–H and O–H groups in total. The number of rotatable bonds is 3. The smallest absolute Gasteiger partial charge is 0.354 e. The van der Waals surface area contributed by atoms with Crippen LogP contribution in [0.15, 0.2) is 12.1 Å². The lowest BCUT2D eigenvalue weighted by Gasteiger charge is -2.17. The lowest BCUT2D eigenvalue weighted by atomic mass is 10.1. The maximum absolute atomic E-state index is 11.7. The van der Waals surface area contributed by atoms with E-state index in [-0.39, 0.29) is 5.97 Å². The molecule has 1 aromatic heterocycles. The van der Waals surface area contributed by atoms with E-state index in [1.165, 1.54) is 7.11 Å². The molecule has 0 aliphatic carbocycles. The van der Waals surface area contributed by atoms with Gasteiger partial charge in [-0.3, -0.25) is 0 Å². The SMILES string of the molecule is CCc1c(C2=CCNN2C)cc(C(=O)OC)n1C. The minimum atomic E-state index is -0.298. The molecule has 5 heteroatoms. The van der Waals surface area contributed by atoms with Crippen LogP contribution < -0.4 is 5.43 Å². The molecule has 0 unspecified atom stereocenters. The van der Waals surface area contributed by atoms with E-state index in [9.17, 15) is 4.79 Å². The molecule has 0 aromatic carbocycles. The van der Waals surface area contributed by atoms with Crippen molar-refractivity contribution in [1.82, 2.24) is 15.0 Å². The Morgan fingerprint density at radius 3 is 2.72 bits per heavy atom. The first kappa shape index (κ1) is 12.7. The van der Waals surface area contributed by atoms with E-state index in [1.54, 1.807) is 0 Å². The predicted octanol–water partition coefficient (Wildman–Crippen LogP) is 1.16. The van der Waals surface area contributed by atoms with Crippen molar-refractivity contribution in [3.63, 3.8) is 0 Å². The molecule has 5 nitrogen and oxygen atoms in total. The number of carbonyl (C=O) groups is 1. The summed E-state index contributed by atoms with van der Waals surface area (Å²) in [5.74, 6) is -0.298. The maximum atomic E-state index is 11.7. The third-order valence-electron chi connectivity index (χ3n) is 3.35. The van der Waals surface area contributed by atoms with Gasteiger partial charge in [-0.05, 0) is 18.6 Å². The number of nitrogens with one attached hydrogen (secondary N) is 1. The summed E-state index contributed by atoms with van der Waals surface area (Å²) in [6.45, 7) is 2.90. The van der Waals surface area contributed by atoms with Crippen LogP contribution in [0.5, 0.6) is 0 Å². The van der Waals surface area contributed by atoms with Gasteiger partial charge in [0.2, 0.25) is 0 Å². The second kappa shape index (κ2) is 4.86. The molecule has 0 fully saturated rings. The number of ether oxygens (including phenoxy) is 1. The lowest BCUT2D eigenvalue weighted by molar-refractivity contribution is 0.0589. The van der Waals surface area contributed by atoms with E-state index >= 15 is 0 Å². The van der Waals surface area contributed by atoms with E-state index in [0.717, 1.165) is 29.9 Å². The summed E-state index contributed by atoms with van der Waals surface area (Å²) in [7, 11) is 5.28. The van der Waals surface area contributed by atoms with Crippen molar-refractivity contribution in [3.05, 3.63) is 29.1 Å². The number of esters is 1. The highest BCUT2D eigenvalue weighted by atomic mass is 16.5. The van der Waals surface area contributed by atoms with E-state index in [4.69, 9.17) is 4.74 Å². The van der Waals surface area contributed by atoms with Crippen molar-refractivity contribution in [2.24, 2.45) is 7.05 Å². The fourth-order valence-corrected chi connectivity index (χ4v) is 2.38. The molecule has 1 aliphatic rings. The van der Waals surface area contributed by atoms with Gasteiger partial charge < -0.3 is 14.3 Å². The molecule has 2 rings (SSSR count). The van der Waals surface area contributed by atoms with Gasteiger partial charge in [0.1, 0.15) is 5.69 Å². The Balaban J connectivity index is 2.51. The highest BCUT2D eigenvalue weighted by Gasteiger charge is 2.22. The van der Waals surface area contributed by atoms with Gasteiger partial charge in [-0.15, -0.1) is 0 Å². The third-order valence-corrected chi connectivity index (χ3v) is 3.35. The Morgan fingerprint density at radius 2 is 2.22 bits per heavy atom. The van der Waals surface area contributed by atoms with Crippen molar-refractivity contribution in [2.75, 3.05) is 20.7 Å².